The second-order valence-corrected chi connectivity index (χ2v) is 3.88. The molecule has 17 heavy (non-hydrogen) atoms. The summed E-state index contributed by atoms with van der Waals surface area (Å²) < 4.78 is 5.55. The number of ether oxygens (including phenoxy) is 1. The number of rotatable bonds is 6. The Bertz CT molecular complexity index is 403. The van der Waals surface area contributed by atoms with Crippen molar-refractivity contribution in [2.24, 2.45) is 5.11 Å². The van der Waals surface area contributed by atoms with E-state index in [-0.39, 0.29) is 6.10 Å². The Kier molecular flexibility index (Phi) is 5.69. The quantitative estimate of drug-likeness (QED) is 0.313. The van der Waals surface area contributed by atoms with Gasteiger partial charge in [0.25, 0.3) is 0 Å². The highest BCUT2D eigenvalue weighted by Gasteiger charge is 1.95. The lowest BCUT2D eigenvalue weighted by atomic mass is 10.2. The van der Waals surface area contributed by atoms with Crippen LogP contribution in [0.25, 0.3) is 16.5 Å². The molecule has 1 aromatic rings. The van der Waals surface area contributed by atoms with E-state index in [1.165, 1.54) is 0 Å². The van der Waals surface area contributed by atoms with Gasteiger partial charge in [-0.1, -0.05) is 29.4 Å². The molecular weight excluding hydrogens is 214 g/mol. The fourth-order valence-corrected chi connectivity index (χ4v) is 1.33. The third-order valence-corrected chi connectivity index (χ3v) is 2.02. The summed E-state index contributed by atoms with van der Waals surface area (Å²) >= 11 is 0. The topological polar surface area (TPSA) is 58.0 Å². The van der Waals surface area contributed by atoms with Crippen molar-refractivity contribution < 1.29 is 4.74 Å². The van der Waals surface area contributed by atoms with Crippen molar-refractivity contribution in [3.05, 3.63) is 46.3 Å². The first kappa shape index (κ1) is 13.1. The summed E-state index contributed by atoms with van der Waals surface area (Å²) in [6, 6.07) is 7.91. The van der Waals surface area contributed by atoms with Gasteiger partial charge in [-0.2, -0.15) is 0 Å². The average molecular weight is 231 g/mol. The molecule has 0 aliphatic rings. The van der Waals surface area contributed by atoms with Crippen molar-refractivity contribution in [2.75, 3.05) is 6.54 Å². The van der Waals surface area contributed by atoms with Gasteiger partial charge in [-0.05, 0) is 43.5 Å². The number of hydrogen-bond acceptors (Lipinski definition) is 2. The molecular formula is C13H17N3O. The largest absolute Gasteiger partial charge is 0.491 e. The molecule has 0 radical (unpaired) electrons. The highest BCUT2D eigenvalue weighted by Crippen LogP contribution is 2.14. The van der Waals surface area contributed by atoms with Crippen LogP contribution in [0.15, 0.2) is 35.5 Å². The van der Waals surface area contributed by atoms with E-state index < -0.39 is 0 Å². The lowest BCUT2D eigenvalue weighted by Gasteiger charge is -2.09. The second kappa shape index (κ2) is 7.36. The van der Waals surface area contributed by atoms with Crippen LogP contribution in [0.1, 0.15) is 25.8 Å². The van der Waals surface area contributed by atoms with Crippen molar-refractivity contribution in [1.29, 1.82) is 0 Å². The Morgan fingerprint density at radius 3 is 2.65 bits per heavy atom. The summed E-state index contributed by atoms with van der Waals surface area (Å²) in [6.07, 6.45) is 4.95. The summed E-state index contributed by atoms with van der Waals surface area (Å²) in [4.78, 5) is 2.69. The summed E-state index contributed by atoms with van der Waals surface area (Å²) in [5, 5.41) is 3.46. The molecule has 0 atom stereocenters. The summed E-state index contributed by atoms with van der Waals surface area (Å²) in [5.41, 5.74) is 9.22. The minimum atomic E-state index is 0.195. The minimum absolute atomic E-state index is 0.195. The van der Waals surface area contributed by atoms with Crippen molar-refractivity contribution in [3.63, 3.8) is 0 Å². The van der Waals surface area contributed by atoms with Gasteiger partial charge in [-0.25, -0.2) is 0 Å². The highest BCUT2D eigenvalue weighted by atomic mass is 16.5. The predicted octanol–water partition coefficient (Wildman–Crippen LogP) is 4.19. The Morgan fingerprint density at radius 1 is 1.35 bits per heavy atom. The van der Waals surface area contributed by atoms with Crippen molar-refractivity contribution in [3.8, 4) is 5.75 Å². The van der Waals surface area contributed by atoms with E-state index >= 15 is 0 Å². The molecule has 0 spiro atoms. The van der Waals surface area contributed by atoms with Gasteiger partial charge in [-0.3, -0.25) is 0 Å². The Hall–Kier alpha value is -1.93. The van der Waals surface area contributed by atoms with E-state index in [4.69, 9.17) is 10.3 Å². The molecule has 0 aliphatic carbocycles. The number of hydrogen-bond donors (Lipinski definition) is 0. The Morgan fingerprint density at radius 2 is 2.06 bits per heavy atom. The van der Waals surface area contributed by atoms with Crippen molar-refractivity contribution in [2.45, 2.75) is 26.4 Å². The zero-order valence-corrected chi connectivity index (χ0v) is 10.2. The van der Waals surface area contributed by atoms with Crippen LogP contribution in [0.3, 0.4) is 0 Å². The Balaban J connectivity index is 2.47. The van der Waals surface area contributed by atoms with Gasteiger partial charge in [0.1, 0.15) is 5.75 Å². The van der Waals surface area contributed by atoms with E-state index in [0.29, 0.717) is 6.54 Å². The first-order valence-electron chi connectivity index (χ1n) is 5.66. The van der Waals surface area contributed by atoms with Crippen molar-refractivity contribution >= 4 is 6.08 Å². The van der Waals surface area contributed by atoms with Gasteiger partial charge in [0.05, 0.1) is 6.10 Å². The molecule has 1 rings (SSSR count). The van der Waals surface area contributed by atoms with Gasteiger partial charge < -0.3 is 4.74 Å². The standard InChI is InChI=1S/C13H17N3O/c1-11(2)17-13-8-6-12(7-9-13)5-3-4-10-15-16-14/h3,5-9,11H,4,10H2,1-2H3. The minimum Gasteiger partial charge on any atom is -0.491 e. The molecule has 0 bridgehead atoms. The molecule has 0 N–H and O–H groups in total. The van der Waals surface area contributed by atoms with Crippen LogP contribution >= 0.6 is 0 Å². The predicted molar refractivity (Wildman–Crippen MR) is 69.9 cm³/mol. The fourth-order valence-electron chi connectivity index (χ4n) is 1.33. The molecule has 4 heteroatoms. The molecule has 1 aromatic carbocycles. The molecule has 0 aliphatic heterocycles. The van der Waals surface area contributed by atoms with E-state index in [0.717, 1.165) is 17.7 Å². The molecule has 0 heterocycles. The van der Waals surface area contributed by atoms with E-state index in [9.17, 15) is 0 Å². The SMILES string of the molecule is CC(C)Oc1ccc(C=CCCN=[N+]=[N-])cc1. The zero-order valence-electron chi connectivity index (χ0n) is 10.2. The molecule has 0 saturated carbocycles. The van der Waals surface area contributed by atoms with Gasteiger partial charge in [-0.15, -0.1) is 0 Å². The van der Waals surface area contributed by atoms with Crippen LogP contribution in [-0.2, 0) is 0 Å². The van der Waals surface area contributed by atoms with Crippen LogP contribution in [0.2, 0.25) is 0 Å². The maximum Gasteiger partial charge on any atom is 0.119 e. The van der Waals surface area contributed by atoms with E-state index in [2.05, 4.69) is 10.0 Å². The van der Waals surface area contributed by atoms with Crippen LogP contribution in [0, 0.1) is 0 Å². The lowest BCUT2D eigenvalue weighted by molar-refractivity contribution is 0.242. The molecule has 0 fully saturated rings. The van der Waals surface area contributed by atoms with Crippen LogP contribution in [0.4, 0.5) is 0 Å². The zero-order chi connectivity index (χ0) is 12.5. The maximum absolute atomic E-state index is 8.11. The summed E-state index contributed by atoms with van der Waals surface area (Å²) in [5.74, 6) is 0.881. The second-order valence-electron chi connectivity index (χ2n) is 3.88. The number of nitrogens with zero attached hydrogens (tertiary/aromatic N) is 3. The average Bonchev–Trinajstić information content (AvgIpc) is 2.30. The number of benzene rings is 1. The summed E-state index contributed by atoms with van der Waals surface area (Å²) in [6.45, 7) is 4.51. The monoisotopic (exact) mass is 231 g/mol. The molecule has 0 aromatic heterocycles. The lowest BCUT2D eigenvalue weighted by Crippen LogP contribution is -2.05. The van der Waals surface area contributed by atoms with Gasteiger partial charge in [0.2, 0.25) is 0 Å². The van der Waals surface area contributed by atoms with Gasteiger partial charge in [0.15, 0.2) is 0 Å². The van der Waals surface area contributed by atoms with Crippen LogP contribution < -0.4 is 4.74 Å². The third-order valence-electron chi connectivity index (χ3n) is 2.02. The molecule has 0 amide bonds. The smallest absolute Gasteiger partial charge is 0.119 e. The first-order valence-corrected chi connectivity index (χ1v) is 5.66. The Labute approximate surface area is 102 Å². The van der Waals surface area contributed by atoms with Crippen LogP contribution in [-0.4, -0.2) is 12.6 Å². The first-order chi connectivity index (χ1) is 8.22. The molecule has 90 valence electrons. The highest BCUT2D eigenvalue weighted by molar-refractivity contribution is 5.50. The number of azide groups is 1. The molecule has 0 saturated heterocycles. The molecule has 4 nitrogen and oxygen atoms in total. The van der Waals surface area contributed by atoms with Gasteiger partial charge >= 0.3 is 0 Å². The summed E-state index contributed by atoms with van der Waals surface area (Å²) in [7, 11) is 0. The van der Waals surface area contributed by atoms with E-state index in [1.807, 2.05) is 50.3 Å². The fraction of sp³-hybridized carbons (Fsp3) is 0.385. The van der Waals surface area contributed by atoms with Crippen molar-refractivity contribution in [1.82, 2.24) is 0 Å². The maximum atomic E-state index is 8.11. The van der Waals surface area contributed by atoms with Gasteiger partial charge in [0, 0.05) is 11.5 Å². The van der Waals surface area contributed by atoms with E-state index in [1.54, 1.807) is 0 Å². The molecule has 0 unspecified atom stereocenters. The normalized spacial score (nSPS) is 10.5. The van der Waals surface area contributed by atoms with Crippen LogP contribution in [0.5, 0.6) is 5.75 Å². The third kappa shape index (κ3) is 5.64.